The van der Waals surface area contributed by atoms with Gasteiger partial charge in [0.1, 0.15) is 19.3 Å². The third-order valence-corrected chi connectivity index (χ3v) is 2.77. The highest BCUT2D eigenvalue weighted by Gasteiger charge is 2.11. The maximum Gasteiger partial charge on any atom is 0.161 e. The second kappa shape index (κ2) is 8.35. The quantitative estimate of drug-likeness (QED) is 0.390. The molecular weight excluding hydrogens is 258 g/mol. The first kappa shape index (κ1) is 16.2. The van der Waals surface area contributed by atoms with Gasteiger partial charge in [-0.15, -0.1) is 0 Å². The molecule has 0 fully saturated rings. The van der Waals surface area contributed by atoms with Gasteiger partial charge in [0, 0.05) is 5.56 Å². The summed E-state index contributed by atoms with van der Waals surface area (Å²) >= 11 is 0. The molecule has 0 unspecified atom stereocenters. The lowest BCUT2D eigenvalue weighted by Gasteiger charge is -2.14. The number of ketones is 1. The molecule has 5 heteroatoms. The van der Waals surface area contributed by atoms with Crippen molar-refractivity contribution >= 4 is 5.78 Å². The van der Waals surface area contributed by atoms with Crippen molar-refractivity contribution < 1.29 is 24.7 Å². The molecule has 1 rings (SSSR count). The van der Waals surface area contributed by atoms with E-state index in [1.165, 1.54) is 14.0 Å². The van der Waals surface area contributed by atoms with Crippen LogP contribution in [0.3, 0.4) is 0 Å². The molecule has 1 atom stereocenters. The van der Waals surface area contributed by atoms with Crippen molar-refractivity contribution in [1.82, 2.24) is 0 Å². The van der Waals surface area contributed by atoms with Crippen LogP contribution in [0.1, 0.15) is 17.3 Å². The Morgan fingerprint density at radius 2 is 2.25 bits per heavy atom. The molecule has 110 valence electrons. The van der Waals surface area contributed by atoms with Crippen LogP contribution in [0.25, 0.3) is 0 Å². The highest BCUT2D eigenvalue weighted by atomic mass is 16.5. The number of nitrogens with two attached hydrogens (primary N) is 1. The third kappa shape index (κ3) is 5.03. The molecule has 0 saturated carbocycles. The fourth-order valence-corrected chi connectivity index (χ4v) is 1.67. The van der Waals surface area contributed by atoms with Crippen molar-refractivity contribution in [3.05, 3.63) is 36.4 Å². The van der Waals surface area contributed by atoms with Crippen LogP contribution < -0.4 is 14.8 Å². The predicted octanol–water partition coefficient (Wildman–Crippen LogP) is 0.387. The van der Waals surface area contributed by atoms with E-state index in [2.05, 4.69) is 6.58 Å². The monoisotopic (exact) mass is 280 g/mol. The summed E-state index contributed by atoms with van der Waals surface area (Å²) in [7, 11) is 1.51. The van der Waals surface area contributed by atoms with E-state index in [1.807, 2.05) is 5.32 Å². The molecular formula is C15H22NO4+. The standard InChI is InChI=1S/C15H21NO4/c1-4-7-16-9-13(18)10-20-14-6-5-12(11(2)17)8-15(14)19-3/h4-6,8,13,16,18H,1,7,9-10H2,2-3H3/p+1/t13-/m1/s1. The van der Waals surface area contributed by atoms with Crippen molar-refractivity contribution in [2.45, 2.75) is 13.0 Å². The Hall–Kier alpha value is -1.85. The number of hydrogen-bond acceptors (Lipinski definition) is 4. The lowest BCUT2D eigenvalue weighted by Crippen LogP contribution is -2.86. The summed E-state index contributed by atoms with van der Waals surface area (Å²) in [5.74, 6) is 0.967. The molecule has 0 bridgehead atoms. The van der Waals surface area contributed by atoms with E-state index in [0.29, 0.717) is 23.6 Å². The van der Waals surface area contributed by atoms with E-state index in [1.54, 1.807) is 24.3 Å². The van der Waals surface area contributed by atoms with Gasteiger partial charge in [0.25, 0.3) is 0 Å². The van der Waals surface area contributed by atoms with E-state index < -0.39 is 6.10 Å². The van der Waals surface area contributed by atoms with Crippen molar-refractivity contribution in [3.8, 4) is 11.5 Å². The smallest absolute Gasteiger partial charge is 0.161 e. The van der Waals surface area contributed by atoms with Crippen LogP contribution in [0.15, 0.2) is 30.9 Å². The Labute approximate surface area is 119 Å². The number of quaternary nitrogens is 1. The number of ether oxygens (including phenoxy) is 2. The molecule has 1 aromatic rings. The molecule has 0 amide bonds. The number of benzene rings is 1. The van der Waals surface area contributed by atoms with E-state index in [4.69, 9.17) is 9.47 Å². The predicted molar refractivity (Wildman–Crippen MR) is 76.4 cm³/mol. The minimum atomic E-state index is -0.577. The van der Waals surface area contributed by atoms with Gasteiger partial charge < -0.3 is 19.9 Å². The van der Waals surface area contributed by atoms with Gasteiger partial charge in [-0.2, -0.15) is 0 Å². The summed E-state index contributed by atoms with van der Waals surface area (Å²) in [6, 6.07) is 4.99. The summed E-state index contributed by atoms with van der Waals surface area (Å²) in [4.78, 5) is 11.3. The minimum Gasteiger partial charge on any atom is -0.493 e. The average Bonchev–Trinajstić information content (AvgIpc) is 2.45. The molecule has 0 heterocycles. The van der Waals surface area contributed by atoms with E-state index in [0.717, 1.165) is 6.54 Å². The van der Waals surface area contributed by atoms with E-state index in [-0.39, 0.29) is 12.4 Å². The number of rotatable bonds is 9. The van der Waals surface area contributed by atoms with Gasteiger partial charge in [-0.25, -0.2) is 0 Å². The fraction of sp³-hybridized carbons (Fsp3) is 0.400. The summed E-state index contributed by atoms with van der Waals surface area (Å²) in [5.41, 5.74) is 0.564. The summed E-state index contributed by atoms with van der Waals surface area (Å²) in [5, 5.41) is 11.7. The zero-order valence-corrected chi connectivity index (χ0v) is 12.0. The summed E-state index contributed by atoms with van der Waals surface area (Å²) < 4.78 is 10.7. The SMILES string of the molecule is C=CC[NH2+]C[C@@H](O)COc1ccc(C(C)=O)cc1OC. The van der Waals surface area contributed by atoms with Crippen molar-refractivity contribution in [2.24, 2.45) is 0 Å². The third-order valence-electron chi connectivity index (χ3n) is 2.77. The number of Topliss-reactive ketones (excluding diaryl/α,β-unsaturated/α-hetero) is 1. The lowest BCUT2D eigenvalue weighted by molar-refractivity contribution is -0.652. The maximum absolute atomic E-state index is 11.3. The Bertz CT molecular complexity index is 459. The first-order chi connectivity index (χ1) is 9.58. The van der Waals surface area contributed by atoms with Crippen LogP contribution in [0, 0.1) is 0 Å². The molecule has 0 aliphatic heterocycles. The second-order valence-electron chi connectivity index (χ2n) is 4.44. The topological polar surface area (TPSA) is 72.4 Å². The van der Waals surface area contributed by atoms with Crippen LogP contribution in [-0.4, -0.2) is 43.8 Å². The lowest BCUT2D eigenvalue weighted by atomic mass is 10.1. The van der Waals surface area contributed by atoms with Crippen LogP contribution in [-0.2, 0) is 0 Å². The van der Waals surface area contributed by atoms with Crippen LogP contribution >= 0.6 is 0 Å². The van der Waals surface area contributed by atoms with Gasteiger partial charge in [-0.1, -0.05) is 6.58 Å². The number of methoxy groups -OCH3 is 1. The van der Waals surface area contributed by atoms with Gasteiger partial charge >= 0.3 is 0 Å². The Kier molecular flexibility index (Phi) is 6.76. The number of aliphatic hydroxyl groups excluding tert-OH is 1. The van der Waals surface area contributed by atoms with E-state index in [9.17, 15) is 9.90 Å². The molecule has 0 aliphatic rings. The Morgan fingerprint density at radius 3 is 2.85 bits per heavy atom. The highest BCUT2D eigenvalue weighted by Crippen LogP contribution is 2.28. The molecule has 0 saturated heterocycles. The molecule has 0 radical (unpaired) electrons. The first-order valence-electron chi connectivity index (χ1n) is 6.51. The molecule has 5 nitrogen and oxygen atoms in total. The number of carbonyl (C=O) groups excluding carboxylic acids is 1. The molecule has 0 aromatic heterocycles. The largest absolute Gasteiger partial charge is 0.493 e. The van der Waals surface area contributed by atoms with Crippen LogP contribution in [0.5, 0.6) is 11.5 Å². The van der Waals surface area contributed by atoms with Crippen molar-refractivity contribution in [1.29, 1.82) is 0 Å². The van der Waals surface area contributed by atoms with Crippen LogP contribution in [0.2, 0.25) is 0 Å². The van der Waals surface area contributed by atoms with Crippen LogP contribution in [0.4, 0.5) is 0 Å². The van der Waals surface area contributed by atoms with Gasteiger partial charge in [0.05, 0.1) is 13.7 Å². The average molecular weight is 280 g/mol. The number of aliphatic hydroxyl groups is 1. The summed E-state index contributed by atoms with van der Waals surface area (Å²) in [6.07, 6.45) is 1.20. The summed E-state index contributed by atoms with van der Waals surface area (Å²) in [6.45, 7) is 6.57. The Morgan fingerprint density at radius 1 is 1.50 bits per heavy atom. The van der Waals surface area contributed by atoms with Gasteiger partial charge in [-0.05, 0) is 31.2 Å². The molecule has 1 aromatic carbocycles. The maximum atomic E-state index is 11.3. The minimum absolute atomic E-state index is 0.0334. The number of carbonyl (C=O) groups is 1. The van der Waals surface area contributed by atoms with Crippen molar-refractivity contribution in [2.75, 3.05) is 26.8 Å². The molecule has 0 aliphatic carbocycles. The zero-order valence-electron chi connectivity index (χ0n) is 12.0. The normalized spacial score (nSPS) is 11.8. The zero-order chi connectivity index (χ0) is 15.0. The van der Waals surface area contributed by atoms with Gasteiger partial charge in [-0.3, -0.25) is 4.79 Å². The van der Waals surface area contributed by atoms with Gasteiger partial charge in [0.15, 0.2) is 17.3 Å². The first-order valence-corrected chi connectivity index (χ1v) is 6.51. The highest BCUT2D eigenvalue weighted by molar-refractivity contribution is 5.94. The van der Waals surface area contributed by atoms with Gasteiger partial charge in [0.2, 0.25) is 0 Å². The van der Waals surface area contributed by atoms with E-state index >= 15 is 0 Å². The molecule has 20 heavy (non-hydrogen) atoms. The second-order valence-corrected chi connectivity index (χ2v) is 4.44. The molecule has 3 N–H and O–H groups in total. The fourth-order valence-electron chi connectivity index (χ4n) is 1.67. The van der Waals surface area contributed by atoms with Crippen molar-refractivity contribution in [3.63, 3.8) is 0 Å². The number of hydrogen-bond donors (Lipinski definition) is 2. The molecule has 0 spiro atoms. The Balaban J connectivity index is 2.58.